The number of ether oxygens (including phenoxy) is 1. The predicted molar refractivity (Wildman–Crippen MR) is 65.9 cm³/mol. The molecule has 0 spiro atoms. The summed E-state index contributed by atoms with van der Waals surface area (Å²) in [4.78, 5) is 13.6. The van der Waals surface area contributed by atoms with Crippen molar-refractivity contribution in [2.45, 2.75) is 45.3 Å². The van der Waals surface area contributed by atoms with Crippen molar-refractivity contribution < 1.29 is 14.6 Å². The summed E-state index contributed by atoms with van der Waals surface area (Å²) < 4.78 is 5.34. The number of aliphatic hydroxyl groups excluding tert-OH is 1. The van der Waals surface area contributed by atoms with Crippen molar-refractivity contribution in [1.82, 2.24) is 10.2 Å². The number of nitrogens with one attached hydrogen (secondary N) is 1. The van der Waals surface area contributed by atoms with Crippen molar-refractivity contribution in [2.75, 3.05) is 26.2 Å². The Morgan fingerprint density at radius 3 is 2.65 bits per heavy atom. The number of hydrogen-bond acceptors (Lipinski definition) is 4. The van der Waals surface area contributed by atoms with Gasteiger partial charge < -0.3 is 20.1 Å². The summed E-state index contributed by atoms with van der Waals surface area (Å²) >= 11 is 0. The van der Waals surface area contributed by atoms with Crippen molar-refractivity contribution in [1.29, 1.82) is 0 Å². The van der Waals surface area contributed by atoms with E-state index in [1.165, 1.54) is 0 Å². The predicted octanol–water partition coefficient (Wildman–Crippen LogP) is 0.968. The standard InChI is InChI=1S/C12H24N2O3/c1-5-12(9-15)8-14(7-6-13-12)10(16)17-11(2,3)4/h13,15H,5-9H2,1-4H3. The normalized spacial score (nSPS) is 25.8. The monoisotopic (exact) mass is 244 g/mol. The number of rotatable bonds is 2. The molecule has 0 aliphatic carbocycles. The fourth-order valence-electron chi connectivity index (χ4n) is 1.89. The number of aliphatic hydroxyl groups is 1. The van der Waals surface area contributed by atoms with Crippen LogP contribution in [0.2, 0.25) is 0 Å². The molecule has 1 amide bonds. The summed E-state index contributed by atoms with van der Waals surface area (Å²) in [6.07, 6.45) is 0.480. The van der Waals surface area contributed by atoms with Crippen LogP contribution in [0.25, 0.3) is 0 Å². The average molecular weight is 244 g/mol. The minimum absolute atomic E-state index is 0.0306. The molecule has 5 heteroatoms. The van der Waals surface area contributed by atoms with Gasteiger partial charge in [-0.2, -0.15) is 0 Å². The van der Waals surface area contributed by atoms with Gasteiger partial charge in [-0.3, -0.25) is 0 Å². The quantitative estimate of drug-likeness (QED) is 0.760. The van der Waals surface area contributed by atoms with E-state index in [1.54, 1.807) is 4.90 Å². The molecule has 1 aliphatic heterocycles. The Hall–Kier alpha value is -0.810. The topological polar surface area (TPSA) is 61.8 Å². The van der Waals surface area contributed by atoms with Crippen LogP contribution in [0.5, 0.6) is 0 Å². The second kappa shape index (κ2) is 5.23. The smallest absolute Gasteiger partial charge is 0.410 e. The number of hydrogen-bond donors (Lipinski definition) is 2. The molecular weight excluding hydrogens is 220 g/mol. The van der Waals surface area contributed by atoms with Crippen LogP contribution >= 0.6 is 0 Å². The van der Waals surface area contributed by atoms with Gasteiger partial charge in [-0.1, -0.05) is 6.92 Å². The molecule has 1 saturated heterocycles. The third kappa shape index (κ3) is 3.85. The summed E-state index contributed by atoms with van der Waals surface area (Å²) in [6.45, 7) is 9.40. The van der Waals surface area contributed by atoms with Crippen molar-refractivity contribution >= 4 is 6.09 Å². The molecular formula is C12H24N2O3. The van der Waals surface area contributed by atoms with Crippen LogP contribution in [0, 0.1) is 0 Å². The van der Waals surface area contributed by atoms with Gasteiger partial charge >= 0.3 is 6.09 Å². The van der Waals surface area contributed by atoms with E-state index in [0.29, 0.717) is 19.6 Å². The van der Waals surface area contributed by atoms with E-state index < -0.39 is 5.60 Å². The molecule has 1 aliphatic rings. The van der Waals surface area contributed by atoms with Crippen LogP contribution in [0.1, 0.15) is 34.1 Å². The number of piperazine rings is 1. The van der Waals surface area contributed by atoms with Crippen molar-refractivity contribution in [3.63, 3.8) is 0 Å². The number of carbonyl (C=O) groups is 1. The molecule has 1 unspecified atom stereocenters. The van der Waals surface area contributed by atoms with Crippen LogP contribution in [0.4, 0.5) is 4.79 Å². The van der Waals surface area contributed by atoms with Crippen LogP contribution in [0.15, 0.2) is 0 Å². The first-order valence-electron chi connectivity index (χ1n) is 6.16. The minimum atomic E-state index is -0.476. The van der Waals surface area contributed by atoms with Gasteiger partial charge in [-0.05, 0) is 27.2 Å². The molecule has 0 bridgehead atoms. The van der Waals surface area contributed by atoms with Gasteiger partial charge in [-0.15, -0.1) is 0 Å². The molecule has 1 atom stereocenters. The molecule has 5 nitrogen and oxygen atoms in total. The van der Waals surface area contributed by atoms with Crippen LogP contribution < -0.4 is 5.32 Å². The van der Waals surface area contributed by atoms with E-state index in [9.17, 15) is 9.90 Å². The zero-order chi connectivity index (χ0) is 13.1. The van der Waals surface area contributed by atoms with Crippen LogP contribution in [-0.2, 0) is 4.74 Å². The molecule has 0 aromatic heterocycles. The molecule has 1 rings (SSSR count). The van der Waals surface area contributed by atoms with Gasteiger partial charge in [0.2, 0.25) is 0 Å². The van der Waals surface area contributed by atoms with Crippen molar-refractivity contribution in [3.05, 3.63) is 0 Å². The van der Waals surface area contributed by atoms with E-state index in [2.05, 4.69) is 5.32 Å². The number of nitrogens with zero attached hydrogens (tertiary/aromatic N) is 1. The Bertz CT molecular complexity index is 269. The SMILES string of the molecule is CCC1(CO)CN(C(=O)OC(C)(C)C)CCN1. The highest BCUT2D eigenvalue weighted by Crippen LogP contribution is 2.18. The summed E-state index contributed by atoms with van der Waals surface area (Å²) in [7, 11) is 0. The second-order valence-electron chi connectivity index (χ2n) is 5.62. The highest BCUT2D eigenvalue weighted by molar-refractivity contribution is 5.68. The van der Waals surface area contributed by atoms with Gasteiger partial charge in [-0.25, -0.2) is 4.79 Å². The fourth-order valence-corrected chi connectivity index (χ4v) is 1.89. The largest absolute Gasteiger partial charge is 0.444 e. The maximum absolute atomic E-state index is 11.9. The Kier molecular flexibility index (Phi) is 4.38. The lowest BCUT2D eigenvalue weighted by atomic mass is 9.94. The first-order chi connectivity index (χ1) is 7.82. The zero-order valence-electron chi connectivity index (χ0n) is 11.2. The van der Waals surface area contributed by atoms with Gasteiger partial charge in [0.15, 0.2) is 0 Å². The molecule has 0 aromatic carbocycles. The van der Waals surface area contributed by atoms with E-state index in [-0.39, 0.29) is 18.2 Å². The molecule has 17 heavy (non-hydrogen) atoms. The Morgan fingerprint density at radius 1 is 1.53 bits per heavy atom. The zero-order valence-corrected chi connectivity index (χ0v) is 11.2. The van der Waals surface area contributed by atoms with Crippen LogP contribution in [0.3, 0.4) is 0 Å². The molecule has 100 valence electrons. The first-order valence-corrected chi connectivity index (χ1v) is 6.16. The van der Waals surface area contributed by atoms with Gasteiger partial charge in [0.1, 0.15) is 5.60 Å². The van der Waals surface area contributed by atoms with E-state index in [0.717, 1.165) is 6.42 Å². The van der Waals surface area contributed by atoms with Gasteiger partial charge in [0.05, 0.1) is 12.1 Å². The van der Waals surface area contributed by atoms with Crippen molar-refractivity contribution in [2.24, 2.45) is 0 Å². The highest BCUT2D eigenvalue weighted by atomic mass is 16.6. The Labute approximate surface area is 103 Å². The maximum atomic E-state index is 11.9. The van der Waals surface area contributed by atoms with E-state index in [1.807, 2.05) is 27.7 Å². The second-order valence-corrected chi connectivity index (χ2v) is 5.62. The summed E-state index contributed by atoms with van der Waals surface area (Å²) in [5, 5.41) is 12.7. The molecule has 0 saturated carbocycles. The minimum Gasteiger partial charge on any atom is -0.444 e. The lowest BCUT2D eigenvalue weighted by Crippen LogP contribution is -2.63. The highest BCUT2D eigenvalue weighted by Gasteiger charge is 2.36. The third-order valence-electron chi connectivity index (χ3n) is 3.01. The lowest BCUT2D eigenvalue weighted by molar-refractivity contribution is 0.00509. The Balaban J connectivity index is 2.63. The van der Waals surface area contributed by atoms with Gasteiger partial charge in [0, 0.05) is 19.6 Å². The molecule has 0 radical (unpaired) electrons. The summed E-state index contributed by atoms with van der Waals surface area (Å²) in [5.41, 5.74) is -0.856. The Morgan fingerprint density at radius 2 is 2.18 bits per heavy atom. The third-order valence-corrected chi connectivity index (χ3v) is 3.01. The van der Waals surface area contributed by atoms with E-state index in [4.69, 9.17) is 4.74 Å². The first kappa shape index (κ1) is 14.3. The number of amides is 1. The summed E-state index contributed by atoms with van der Waals surface area (Å²) in [6, 6.07) is 0. The van der Waals surface area contributed by atoms with Crippen molar-refractivity contribution in [3.8, 4) is 0 Å². The molecule has 1 heterocycles. The average Bonchev–Trinajstić information content (AvgIpc) is 2.27. The molecule has 2 N–H and O–H groups in total. The van der Waals surface area contributed by atoms with Gasteiger partial charge in [0.25, 0.3) is 0 Å². The fraction of sp³-hybridized carbons (Fsp3) is 0.917. The van der Waals surface area contributed by atoms with Crippen LogP contribution in [-0.4, -0.2) is 53.5 Å². The maximum Gasteiger partial charge on any atom is 0.410 e. The van der Waals surface area contributed by atoms with E-state index >= 15 is 0 Å². The summed E-state index contributed by atoms with van der Waals surface area (Å²) in [5.74, 6) is 0. The molecule has 1 fully saturated rings. The number of carbonyl (C=O) groups excluding carboxylic acids is 1. The lowest BCUT2D eigenvalue weighted by Gasteiger charge is -2.42. The molecule has 0 aromatic rings.